The minimum absolute atomic E-state index is 0.0171. The average Bonchev–Trinajstić information content (AvgIpc) is 3.21. The Labute approximate surface area is 191 Å². The van der Waals surface area contributed by atoms with Gasteiger partial charge >= 0.3 is 0 Å². The van der Waals surface area contributed by atoms with Crippen molar-refractivity contribution in [3.63, 3.8) is 0 Å². The van der Waals surface area contributed by atoms with Crippen LogP contribution in [0.2, 0.25) is 0 Å². The second-order valence-electron chi connectivity index (χ2n) is 7.82. The molecule has 1 aromatic heterocycles. The molecule has 1 fully saturated rings. The fourth-order valence-electron chi connectivity index (χ4n) is 3.99. The van der Waals surface area contributed by atoms with E-state index in [-0.39, 0.29) is 28.8 Å². The van der Waals surface area contributed by atoms with Crippen LogP contribution < -0.4 is 10.1 Å². The number of methoxy groups -OCH3 is 1. The highest BCUT2D eigenvalue weighted by molar-refractivity contribution is 7.89. The van der Waals surface area contributed by atoms with Crippen molar-refractivity contribution in [2.75, 3.05) is 25.5 Å². The zero-order valence-electron chi connectivity index (χ0n) is 18.1. The smallest absolute Gasteiger partial charge is 0.270 e. The number of nitrogens with zero attached hydrogens (tertiary/aromatic N) is 3. The highest BCUT2D eigenvalue weighted by Crippen LogP contribution is 2.31. The van der Waals surface area contributed by atoms with Gasteiger partial charge in [-0.2, -0.15) is 4.31 Å². The molecule has 11 heteroatoms. The van der Waals surface area contributed by atoms with Gasteiger partial charge in [-0.05, 0) is 43.2 Å². The van der Waals surface area contributed by atoms with E-state index < -0.39 is 14.9 Å². The number of piperidine rings is 1. The SMILES string of the molecule is COc1ccc(NC(=O)Cn2ccc3cc([N+](=O)[O-])ccc32)cc1S(=O)(=O)N1CCCCC1. The van der Waals surface area contributed by atoms with Crippen LogP contribution in [-0.4, -0.2) is 48.3 Å². The van der Waals surface area contributed by atoms with Crippen molar-refractivity contribution in [3.8, 4) is 5.75 Å². The van der Waals surface area contributed by atoms with Crippen molar-refractivity contribution >= 4 is 38.2 Å². The van der Waals surface area contributed by atoms with Crippen molar-refractivity contribution in [1.82, 2.24) is 8.87 Å². The summed E-state index contributed by atoms with van der Waals surface area (Å²) in [5.74, 6) is -0.145. The molecular weight excluding hydrogens is 448 g/mol. The maximum atomic E-state index is 13.2. The number of non-ortho nitro benzene ring substituents is 1. The molecule has 1 aliphatic rings. The van der Waals surface area contributed by atoms with Gasteiger partial charge in [0.1, 0.15) is 17.2 Å². The first-order valence-electron chi connectivity index (χ1n) is 10.5. The quantitative estimate of drug-likeness (QED) is 0.415. The predicted octanol–water partition coefficient (Wildman–Crippen LogP) is 3.37. The molecule has 2 aromatic carbocycles. The van der Waals surface area contributed by atoms with E-state index in [1.807, 2.05) is 0 Å². The lowest BCUT2D eigenvalue weighted by Gasteiger charge is -2.26. The molecule has 1 amide bonds. The number of carbonyl (C=O) groups excluding carboxylic acids is 1. The maximum absolute atomic E-state index is 13.2. The molecule has 0 bridgehead atoms. The summed E-state index contributed by atoms with van der Waals surface area (Å²) in [6.45, 7) is 0.878. The third-order valence-electron chi connectivity index (χ3n) is 5.66. The first-order chi connectivity index (χ1) is 15.8. The van der Waals surface area contributed by atoms with Gasteiger partial charge in [-0.3, -0.25) is 14.9 Å². The van der Waals surface area contributed by atoms with E-state index >= 15 is 0 Å². The minimum Gasteiger partial charge on any atom is -0.495 e. The Morgan fingerprint density at radius 3 is 2.58 bits per heavy atom. The van der Waals surface area contributed by atoms with Crippen molar-refractivity contribution in [1.29, 1.82) is 0 Å². The number of rotatable bonds is 7. The Bertz CT molecular complexity index is 1310. The third kappa shape index (κ3) is 4.69. The number of ether oxygens (including phenoxy) is 1. The zero-order chi connectivity index (χ0) is 23.6. The van der Waals surface area contributed by atoms with Gasteiger partial charge in [-0.1, -0.05) is 6.42 Å². The van der Waals surface area contributed by atoms with Crippen LogP contribution in [0.1, 0.15) is 19.3 Å². The molecule has 10 nitrogen and oxygen atoms in total. The monoisotopic (exact) mass is 472 g/mol. The Balaban J connectivity index is 1.54. The van der Waals surface area contributed by atoms with E-state index in [4.69, 9.17) is 4.74 Å². The van der Waals surface area contributed by atoms with Crippen molar-refractivity contribution in [2.45, 2.75) is 30.7 Å². The number of hydrogen-bond acceptors (Lipinski definition) is 6. The predicted molar refractivity (Wildman–Crippen MR) is 123 cm³/mol. The first kappa shape index (κ1) is 22.7. The van der Waals surface area contributed by atoms with Crippen LogP contribution in [0.3, 0.4) is 0 Å². The minimum atomic E-state index is -3.76. The summed E-state index contributed by atoms with van der Waals surface area (Å²) in [6, 6.07) is 10.7. The molecule has 174 valence electrons. The molecule has 4 rings (SSSR count). The fraction of sp³-hybridized carbons (Fsp3) is 0.318. The van der Waals surface area contributed by atoms with Gasteiger partial charge in [0.25, 0.3) is 5.69 Å². The number of fused-ring (bicyclic) bond motifs is 1. The van der Waals surface area contributed by atoms with E-state index in [0.717, 1.165) is 19.3 Å². The number of hydrogen-bond donors (Lipinski definition) is 1. The van der Waals surface area contributed by atoms with Crippen LogP contribution in [0.5, 0.6) is 5.75 Å². The lowest BCUT2D eigenvalue weighted by atomic mass is 10.2. The maximum Gasteiger partial charge on any atom is 0.270 e. The number of nitro groups is 1. The standard InChI is InChI=1S/C22H24N4O6S/c1-32-20-8-5-17(14-21(20)33(30,31)25-10-3-2-4-11-25)23-22(27)15-24-12-9-16-13-18(26(28)29)6-7-19(16)24/h5-9,12-14H,2-4,10-11,15H2,1H3,(H,23,27). The molecule has 1 N–H and O–H groups in total. The average molecular weight is 473 g/mol. The molecule has 1 aliphatic heterocycles. The molecule has 0 radical (unpaired) electrons. The molecule has 33 heavy (non-hydrogen) atoms. The Morgan fingerprint density at radius 2 is 1.88 bits per heavy atom. The van der Waals surface area contributed by atoms with Crippen LogP contribution in [0, 0.1) is 10.1 Å². The number of anilines is 1. The topological polar surface area (TPSA) is 124 Å². The van der Waals surface area contributed by atoms with Gasteiger partial charge in [-0.15, -0.1) is 0 Å². The van der Waals surface area contributed by atoms with Crippen LogP contribution in [0.4, 0.5) is 11.4 Å². The van der Waals surface area contributed by atoms with Gasteiger partial charge < -0.3 is 14.6 Å². The number of carbonyl (C=O) groups is 1. The lowest BCUT2D eigenvalue weighted by molar-refractivity contribution is -0.384. The van der Waals surface area contributed by atoms with Gasteiger partial charge in [0.05, 0.1) is 12.0 Å². The second-order valence-corrected chi connectivity index (χ2v) is 9.73. The summed E-state index contributed by atoms with van der Waals surface area (Å²) in [4.78, 5) is 23.2. The van der Waals surface area contributed by atoms with E-state index in [1.165, 1.54) is 35.7 Å². The zero-order valence-corrected chi connectivity index (χ0v) is 18.9. The molecule has 0 atom stereocenters. The third-order valence-corrected chi connectivity index (χ3v) is 7.58. The van der Waals surface area contributed by atoms with E-state index in [9.17, 15) is 23.3 Å². The lowest BCUT2D eigenvalue weighted by Crippen LogP contribution is -2.35. The normalized spacial score (nSPS) is 14.8. The van der Waals surface area contributed by atoms with Crippen molar-refractivity contribution < 1.29 is 22.9 Å². The largest absolute Gasteiger partial charge is 0.495 e. The van der Waals surface area contributed by atoms with E-state index in [2.05, 4.69) is 5.32 Å². The molecule has 0 spiro atoms. The highest BCUT2D eigenvalue weighted by atomic mass is 32.2. The number of nitrogens with one attached hydrogen (secondary N) is 1. The molecule has 0 unspecified atom stereocenters. The Hall–Kier alpha value is -3.44. The van der Waals surface area contributed by atoms with Crippen molar-refractivity contribution in [2.24, 2.45) is 0 Å². The second kappa shape index (κ2) is 9.20. The molecule has 2 heterocycles. The first-order valence-corrected chi connectivity index (χ1v) is 11.9. The Morgan fingerprint density at radius 1 is 1.12 bits per heavy atom. The van der Waals surface area contributed by atoms with Crippen LogP contribution >= 0.6 is 0 Å². The number of nitro benzene ring substituents is 1. The summed E-state index contributed by atoms with van der Waals surface area (Å²) >= 11 is 0. The number of aromatic nitrogens is 1. The molecule has 0 aliphatic carbocycles. The highest BCUT2D eigenvalue weighted by Gasteiger charge is 2.29. The van der Waals surface area contributed by atoms with E-state index in [0.29, 0.717) is 29.7 Å². The molecule has 0 saturated carbocycles. The van der Waals surface area contributed by atoms with Gasteiger partial charge in [-0.25, -0.2) is 8.42 Å². The van der Waals surface area contributed by atoms with Crippen molar-refractivity contribution in [3.05, 3.63) is 58.8 Å². The van der Waals surface area contributed by atoms with Gasteiger partial charge in [0.2, 0.25) is 15.9 Å². The van der Waals surface area contributed by atoms with Crippen LogP contribution in [0.25, 0.3) is 10.9 Å². The van der Waals surface area contributed by atoms with E-state index in [1.54, 1.807) is 29.0 Å². The number of benzene rings is 2. The van der Waals surface area contributed by atoms with Crippen LogP contribution in [0.15, 0.2) is 53.6 Å². The van der Waals surface area contributed by atoms with Crippen LogP contribution in [-0.2, 0) is 21.4 Å². The summed E-state index contributed by atoms with van der Waals surface area (Å²) < 4.78 is 34.7. The summed E-state index contributed by atoms with van der Waals surface area (Å²) in [5, 5.41) is 14.3. The molecule has 1 saturated heterocycles. The summed E-state index contributed by atoms with van der Waals surface area (Å²) in [5.41, 5.74) is 0.993. The molecule has 3 aromatic rings. The van der Waals surface area contributed by atoms with Gasteiger partial charge in [0, 0.05) is 48.0 Å². The molecular formula is C22H24N4O6S. The fourth-order valence-corrected chi connectivity index (χ4v) is 5.69. The van der Waals surface area contributed by atoms with Gasteiger partial charge in [0.15, 0.2) is 0 Å². The number of amides is 1. The number of sulfonamides is 1. The summed E-state index contributed by atoms with van der Waals surface area (Å²) in [6.07, 6.45) is 4.30. The Kier molecular flexibility index (Phi) is 6.34. The summed E-state index contributed by atoms with van der Waals surface area (Å²) in [7, 11) is -2.35.